The highest BCUT2D eigenvalue weighted by Gasteiger charge is 2.59. The van der Waals surface area contributed by atoms with E-state index in [2.05, 4.69) is 58.4 Å². The van der Waals surface area contributed by atoms with Crippen molar-refractivity contribution >= 4 is 107 Å². The zero-order valence-electron chi connectivity index (χ0n) is 81.8. The fourth-order valence-corrected chi connectivity index (χ4v) is 17.0. The molecule has 0 saturated heterocycles. The van der Waals surface area contributed by atoms with Crippen molar-refractivity contribution in [3.8, 4) is 0 Å². The van der Waals surface area contributed by atoms with Crippen molar-refractivity contribution in [1.82, 2.24) is 39.5 Å². The number of halogens is 10. The van der Waals surface area contributed by atoms with Crippen molar-refractivity contribution in [1.29, 1.82) is 0 Å². The van der Waals surface area contributed by atoms with Crippen LogP contribution in [0.1, 0.15) is 196 Å². The number of carbonyl (C=O) groups excluding carboxylic acids is 4. The first kappa shape index (κ1) is 79.1. The molecule has 0 bridgehead atoms. The molecule has 30 heteroatoms. The Hall–Kier alpha value is -10.5. The topological polar surface area (TPSA) is 262 Å². The van der Waals surface area contributed by atoms with Crippen molar-refractivity contribution < 1.29 is 92.9 Å². The Labute approximate surface area is 807 Å². The van der Waals surface area contributed by atoms with Gasteiger partial charge < -0.3 is 39.7 Å². The van der Waals surface area contributed by atoms with Crippen LogP contribution in [0.15, 0.2) is 259 Å². The van der Waals surface area contributed by atoms with Crippen LogP contribution in [0, 0.1) is 39.5 Å². The van der Waals surface area contributed by atoms with E-state index in [0.29, 0.717) is 86.3 Å². The summed E-state index contributed by atoms with van der Waals surface area (Å²) in [5, 5.41) is 54.9. The predicted molar refractivity (Wildman–Crippen MR) is 493 cm³/mol. The van der Waals surface area contributed by atoms with Crippen LogP contribution in [0.3, 0.4) is 0 Å². The zero-order valence-corrected chi connectivity index (χ0v) is 76.0. The van der Waals surface area contributed by atoms with Crippen LogP contribution in [-0.2, 0) is 68.9 Å². The van der Waals surface area contributed by atoms with Gasteiger partial charge in [0.1, 0.15) is 23.3 Å². The van der Waals surface area contributed by atoms with E-state index in [1.165, 1.54) is 135 Å². The van der Waals surface area contributed by atoms with E-state index >= 15 is 0 Å². The van der Waals surface area contributed by atoms with E-state index in [1.54, 1.807) is 136 Å². The number of aliphatic hydroxyl groups is 5. The zero-order chi connectivity index (χ0) is 104. The first-order chi connectivity index (χ1) is 66.9. The maximum absolute atomic E-state index is 14.1. The average Bonchev–Trinajstić information content (AvgIpc) is 1.53. The number of fused-ring (bicyclic) bond motifs is 4. The number of amides is 4. The molecule has 4 aliphatic heterocycles. The van der Waals surface area contributed by atoms with Gasteiger partial charge in [0.15, 0.2) is 22.9 Å². The summed E-state index contributed by atoms with van der Waals surface area (Å²) in [5.74, 6) is -3.99. The quantitative estimate of drug-likeness (QED) is 0.0316. The van der Waals surface area contributed by atoms with Crippen molar-refractivity contribution in [3.63, 3.8) is 0 Å². The van der Waals surface area contributed by atoms with Crippen LogP contribution in [0.25, 0.3) is 5.57 Å². The van der Waals surface area contributed by atoms with E-state index in [-0.39, 0.29) is 115 Å². The summed E-state index contributed by atoms with van der Waals surface area (Å²) in [5.41, 5.74) is -7.71. The number of benzene rings is 8. The molecule has 3 saturated carbocycles. The fraction of sp³-hybridized carbons (Fsp3) is 0.267. The lowest BCUT2D eigenvalue weighted by molar-refractivity contribution is -0.129. The van der Waals surface area contributed by atoms with Crippen LogP contribution < -0.4 is 0 Å². The van der Waals surface area contributed by atoms with Crippen molar-refractivity contribution in [2.24, 2.45) is 16.2 Å². The Kier molecular flexibility index (Phi) is 22.6. The van der Waals surface area contributed by atoms with Crippen LogP contribution in [0.4, 0.5) is 17.6 Å². The van der Waals surface area contributed by atoms with Gasteiger partial charge in [0.25, 0.3) is 23.6 Å². The van der Waals surface area contributed by atoms with Crippen LogP contribution in [0.2, 0.25) is 20.1 Å². The van der Waals surface area contributed by atoms with Gasteiger partial charge in [-0.15, -0.1) is 0 Å². The molecule has 20 nitrogen and oxygen atoms in total. The summed E-state index contributed by atoms with van der Waals surface area (Å²) in [7, 11) is 0. The second kappa shape index (κ2) is 37.5. The molecule has 8 heterocycles. The highest BCUT2D eigenvalue weighted by molar-refractivity contribution is 9.10. The third-order valence-electron chi connectivity index (χ3n) is 23.6. The average molecular weight is 2000 g/mol. The second-order valence-corrected chi connectivity index (χ2v) is 36.6. The number of rotatable bonds is 26. The molecule has 4 atom stereocenters. The summed E-state index contributed by atoms with van der Waals surface area (Å²) >= 11 is 30.6. The number of aromatic nitrogens is 4. The minimum atomic E-state index is -2.93. The van der Waals surface area contributed by atoms with E-state index in [0.717, 1.165) is 16.6 Å². The van der Waals surface area contributed by atoms with Gasteiger partial charge in [-0.05, 0) is 204 Å². The van der Waals surface area contributed by atoms with Gasteiger partial charge >= 0.3 is 0 Å². The number of hydrogen-bond acceptors (Lipinski definition) is 16. The molecule has 4 amide bonds. The van der Waals surface area contributed by atoms with Gasteiger partial charge in [0, 0.05) is 117 Å². The number of nitrogens with zero attached hydrogens (tertiary/aromatic N) is 8. The third kappa shape index (κ3) is 18.8. The van der Waals surface area contributed by atoms with E-state index in [9.17, 15) is 62.3 Å². The Bertz CT molecular complexity index is 6950. The third-order valence-corrected chi connectivity index (χ3v) is 25.4. The van der Waals surface area contributed by atoms with Gasteiger partial charge in [-0.25, -0.2) is 17.6 Å². The predicted octanol–water partition coefficient (Wildman–Crippen LogP) is 20.1. The number of ether oxygens (including phenoxy) is 3. The van der Waals surface area contributed by atoms with Gasteiger partial charge in [-0.2, -0.15) is 0 Å². The lowest BCUT2D eigenvalue weighted by Crippen LogP contribution is -2.47. The minimum absolute atomic E-state index is 0.000180. The highest BCUT2D eigenvalue weighted by Crippen LogP contribution is 2.56. The monoisotopic (exact) mass is 1990 g/mol. The molecule has 19 rings (SSSR count). The standard InChI is InChI=1S/C28H28ClFN2O4.C28H26ClFN2O3.C25H21BrClFN2O3.C20H13BrClFN2O2/c1-26(2,35)19-5-10-24-23(13-19)25(34)32(15-22-9-6-20(29)14-31-22)28(24,18-3-7-21(30)8-4-18)36-17-27(16-33)11-12-27;1-18(2)19-3-10-25-24(13-19)26(34)32(15-23-9-6-21(29)14-31-23)28(25,20-4-7-22(30)8-5-20)35-17-27(16-33)11-12-27;26-17-3-8-22-21(11-17)23(32)30(13-20-7-4-18(27)12-29-20)25(22,16-1-5-19(28)6-2-16)33-15-24(14-31)9-10-24;21-13-3-8-18-17(9-13)19(26)25(11-16-7-4-14(22)10-24-16)20(18,27)12-1-5-15(23)6-2-12/h3-10,13-14,33,35H,11-12,15-17H2,1-2H3;3-10,13-14,33H,1,11-12,15-17H2,2H3;1-8,11-12,31H,9-10,13-15H2;1-10,27H,11H2/t28-;;;/m1.../s1/i2*16D2,17D2;14D2,15D2;. The number of carbonyl (C=O) groups is 4. The van der Waals surface area contributed by atoms with Crippen LogP contribution in [-0.4, -0.2) is 128 Å². The Morgan fingerprint density at radius 3 is 1.00 bits per heavy atom. The molecule has 3 aliphatic carbocycles. The SMILES string of the molecule is O=C1c2cc(Br)ccc2C(O)(c2ccc(F)cc2)N1Cc1ccc(Cl)cn1.[2H]C([2H])(O)C1(C([2H])([2H])OC2(c3ccc(F)cc3)c3ccc(Br)cc3C(=O)N2Cc2ccc(Cl)cn2)CC1.[2H]C([2H])(O)C1(C([2H])([2H])OC2(c3ccc(F)cc3)c3ccc(C(=C)C)cc3C(=O)N2Cc2ccc(Cl)cn2)CC1.[2H]C([2H])(O)C1(C([2H])([2H])O[C@]2(c3ccc(F)cc3)c3ccc(C(C)(C)O)cc3C(=O)N2Cc2ccc(Cl)cn2)CC1. The Balaban J connectivity index is 0.000000138. The largest absolute Gasteiger partial charge is 0.396 e. The molecule has 0 radical (unpaired) electrons. The molecule has 5 N–H and O–H groups in total. The van der Waals surface area contributed by atoms with Crippen LogP contribution in [0.5, 0.6) is 0 Å². The highest BCUT2D eigenvalue weighted by atomic mass is 79.9. The van der Waals surface area contributed by atoms with Crippen molar-refractivity contribution in [2.45, 2.75) is 114 Å². The molecule has 674 valence electrons. The van der Waals surface area contributed by atoms with Gasteiger partial charge in [0.2, 0.25) is 0 Å². The normalized spacial score (nSPS) is 22.1. The van der Waals surface area contributed by atoms with Crippen LogP contribution >= 0.6 is 78.3 Å². The first-order valence-electron chi connectivity index (χ1n) is 47.0. The summed E-state index contributed by atoms with van der Waals surface area (Å²) in [6.45, 7) is -8.57. The minimum Gasteiger partial charge on any atom is -0.396 e. The maximum atomic E-state index is 14.1. The molecule has 131 heavy (non-hydrogen) atoms. The Morgan fingerprint density at radius 2 is 0.695 bits per heavy atom. The summed E-state index contributed by atoms with van der Waals surface area (Å²) < 4.78 is 177. The molecular weight excluding hydrogens is 1890 g/mol. The fourth-order valence-electron chi connectivity index (χ4n) is 15.9. The van der Waals surface area contributed by atoms with E-state index in [4.69, 9.17) is 77.1 Å². The van der Waals surface area contributed by atoms with Gasteiger partial charge in [-0.1, -0.05) is 175 Å². The molecule has 7 aliphatic rings. The Morgan fingerprint density at radius 1 is 0.412 bits per heavy atom. The first-order valence-corrected chi connectivity index (χ1v) is 44.1. The number of pyridine rings is 4. The molecule has 3 fully saturated rings. The molecule has 4 aromatic heterocycles. The van der Waals surface area contributed by atoms with E-state index in [1.807, 2.05) is 0 Å². The summed E-state index contributed by atoms with van der Waals surface area (Å²) in [6, 6.07) is 53.4. The number of hydrogen-bond donors (Lipinski definition) is 5. The van der Waals surface area contributed by atoms with Crippen molar-refractivity contribution in [3.05, 3.63) is 403 Å². The number of allylic oxidation sites excluding steroid dienone is 1. The van der Waals surface area contributed by atoms with Gasteiger partial charge in [-0.3, -0.25) is 58.7 Å². The molecule has 12 aromatic rings. The molecule has 0 spiro atoms. The summed E-state index contributed by atoms with van der Waals surface area (Å²) in [4.78, 5) is 77.5. The maximum Gasteiger partial charge on any atom is 0.257 e. The summed E-state index contributed by atoms with van der Waals surface area (Å²) in [6.07, 6.45) is 5.83. The molecule has 3 unspecified atom stereocenters. The smallest absolute Gasteiger partial charge is 0.257 e. The molecular formula is C101H88Br2Cl4F4N8O12. The van der Waals surface area contributed by atoms with Gasteiger partial charge in [0.05, 0.1) is 130 Å². The molecule has 8 aromatic carbocycles. The lowest BCUT2D eigenvalue weighted by Gasteiger charge is -2.40. The lowest BCUT2D eigenvalue weighted by atomic mass is 9.89. The second-order valence-electron chi connectivity index (χ2n) is 33.0. The van der Waals surface area contributed by atoms with Crippen molar-refractivity contribution in [2.75, 3.05) is 39.4 Å². The van der Waals surface area contributed by atoms with E-state index < -0.39 is 125 Å².